The summed E-state index contributed by atoms with van der Waals surface area (Å²) in [4.78, 5) is 0. The zero-order valence-electron chi connectivity index (χ0n) is 16.7. The van der Waals surface area contributed by atoms with Gasteiger partial charge in [-0.1, -0.05) is 48.5 Å². The second-order valence-corrected chi connectivity index (χ2v) is 7.62. The summed E-state index contributed by atoms with van der Waals surface area (Å²) >= 11 is 0. The van der Waals surface area contributed by atoms with Gasteiger partial charge in [0.15, 0.2) is 5.69 Å². The van der Waals surface area contributed by atoms with E-state index in [1.807, 2.05) is 12.1 Å². The fourth-order valence-electron chi connectivity index (χ4n) is 4.29. The number of benzene rings is 3. The van der Waals surface area contributed by atoms with Crippen LogP contribution in [0.3, 0.4) is 0 Å². The largest absolute Gasteiger partial charge is 0.455 e. The number of imidazole rings is 1. The summed E-state index contributed by atoms with van der Waals surface area (Å²) in [6.45, 7) is 6.47. The Morgan fingerprint density at radius 1 is 0.786 bits per heavy atom. The Kier molecular flexibility index (Phi) is 3.66. The van der Waals surface area contributed by atoms with E-state index < -0.39 is 0 Å². The van der Waals surface area contributed by atoms with Gasteiger partial charge in [0.2, 0.25) is 6.33 Å². The van der Waals surface area contributed by atoms with E-state index in [-0.39, 0.29) is 0 Å². The fourth-order valence-corrected chi connectivity index (χ4v) is 4.29. The maximum atomic E-state index is 6.31. The summed E-state index contributed by atoms with van der Waals surface area (Å²) in [5.41, 5.74) is 9.16. The average molecular weight is 367 g/mol. The molecule has 0 fully saturated rings. The lowest BCUT2D eigenvalue weighted by molar-refractivity contribution is -0.595. The Balaban J connectivity index is 1.80. The van der Waals surface area contributed by atoms with Crippen LogP contribution in [-0.2, 0) is 7.05 Å². The van der Waals surface area contributed by atoms with Crippen molar-refractivity contribution < 1.29 is 8.98 Å². The SMILES string of the molecule is Cc1cccc(C)c1-[n+]1cc(-c2c(C)ccc3c2oc2ccccc23)n(C)c1. The van der Waals surface area contributed by atoms with Gasteiger partial charge in [-0.15, -0.1) is 0 Å². The minimum atomic E-state index is 0.932. The van der Waals surface area contributed by atoms with Crippen molar-refractivity contribution in [1.29, 1.82) is 0 Å². The predicted molar refractivity (Wildman–Crippen MR) is 114 cm³/mol. The minimum absolute atomic E-state index is 0.932. The monoisotopic (exact) mass is 367 g/mol. The molecule has 0 unspecified atom stereocenters. The van der Waals surface area contributed by atoms with E-state index >= 15 is 0 Å². The van der Waals surface area contributed by atoms with E-state index in [4.69, 9.17) is 4.42 Å². The first kappa shape index (κ1) is 16.8. The van der Waals surface area contributed by atoms with Gasteiger partial charge in [0.25, 0.3) is 0 Å². The highest BCUT2D eigenvalue weighted by Gasteiger charge is 2.22. The fraction of sp³-hybridized carbons (Fsp3) is 0.160. The van der Waals surface area contributed by atoms with Crippen molar-refractivity contribution in [2.45, 2.75) is 20.8 Å². The number of fused-ring (bicyclic) bond motifs is 3. The van der Waals surface area contributed by atoms with Gasteiger partial charge < -0.3 is 4.42 Å². The van der Waals surface area contributed by atoms with Crippen molar-refractivity contribution >= 4 is 21.9 Å². The van der Waals surface area contributed by atoms with Gasteiger partial charge in [0, 0.05) is 10.8 Å². The standard InChI is InChI=1S/C25H23N2O/c1-16-12-13-20-19-10-5-6-11-22(19)28-25(20)23(16)21-14-27(15-26(21)4)24-17(2)8-7-9-18(24)3/h5-15H,1-4H3/q+1. The maximum absolute atomic E-state index is 6.31. The van der Waals surface area contributed by atoms with E-state index in [0.717, 1.165) is 33.2 Å². The number of hydrogen-bond acceptors (Lipinski definition) is 1. The van der Waals surface area contributed by atoms with Crippen molar-refractivity contribution in [3.63, 3.8) is 0 Å². The molecule has 28 heavy (non-hydrogen) atoms. The summed E-state index contributed by atoms with van der Waals surface area (Å²) in [5, 5.41) is 2.33. The van der Waals surface area contributed by atoms with Crippen molar-refractivity contribution in [1.82, 2.24) is 4.57 Å². The van der Waals surface area contributed by atoms with Crippen LogP contribution in [0.4, 0.5) is 0 Å². The molecule has 0 atom stereocenters. The molecule has 0 aliphatic carbocycles. The molecule has 2 heterocycles. The molecule has 0 spiro atoms. The third kappa shape index (κ3) is 2.40. The van der Waals surface area contributed by atoms with Crippen molar-refractivity contribution in [2.24, 2.45) is 7.05 Å². The number of nitrogens with zero attached hydrogens (tertiary/aromatic N) is 2. The number of furan rings is 1. The molecule has 138 valence electrons. The first-order chi connectivity index (χ1) is 13.5. The normalized spacial score (nSPS) is 11.6. The topological polar surface area (TPSA) is 21.9 Å². The molecule has 0 radical (unpaired) electrons. The van der Waals surface area contributed by atoms with Gasteiger partial charge in [-0.3, -0.25) is 0 Å². The molecule has 0 bridgehead atoms. The second kappa shape index (κ2) is 6.10. The van der Waals surface area contributed by atoms with Crippen LogP contribution in [0.25, 0.3) is 38.9 Å². The number of hydrogen-bond donors (Lipinski definition) is 0. The van der Waals surface area contributed by atoms with Crippen LogP contribution in [0, 0.1) is 20.8 Å². The van der Waals surface area contributed by atoms with E-state index in [1.165, 1.54) is 22.4 Å². The molecule has 0 N–H and O–H groups in total. The highest BCUT2D eigenvalue weighted by atomic mass is 16.3. The van der Waals surface area contributed by atoms with Gasteiger partial charge in [-0.05, 0) is 43.5 Å². The quantitative estimate of drug-likeness (QED) is 0.362. The molecule has 5 aromatic rings. The molecule has 0 saturated carbocycles. The van der Waals surface area contributed by atoms with Crippen LogP contribution >= 0.6 is 0 Å². The van der Waals surface area contributed by atoms with Gasteiger partial charge in [-0.2, -0.15) is 0 Å². The van der Waals surface area contributed by atoms with Crippen LogP contribution in [0.15, 0.2) is 71.5 Å². The zero-order valence-corrected chi connectivity index (χ0v) is 16.7. The molecule has 2 aromatic heterocycles. The van der Waals surface area contributed by atoms with Gasteiger partial charge in [0.1, 0.15) is 23.1 Å². The highest BCUT2D eigenvalue weighted by Crippen LogP contribution is 2.37. The van der Waals surface area contributed by atoms with Crippen molar-refractivity contribution in [3.8, 4) is 16.9 Å². The molecule has 3 heteroatoms. The number of rotatable bonds is 2. The molecule has 5 rings (SSSR count). The van der Waals surface area contributed by atoms with Gasteiger partial charge in [-0.25, -0.2) is 9.13 Å². The summed E-state index contributed by atoms with van der Waals surface area (Å²) in [6.07, 6.45) is 4.36. The Bertz CT molecular complexity index is 1330. The average Bonchev–Trinajstić information content (AvgIpc) is 3.22. The van der Waals surface area contributed by atoms with Crippen LogP contribution < -0.4 is 4.57 Å². The molecule has 0 saturated heterocycles. The third-order valence-electron chi connectivity index (χ3n) is 5.65. The van der Waals surface area contributed by atoms with Crippen molar-refractivity contribution in [3.05, 3.63) is 83.8 Å². The van der Waals surface area contributed by atoms with Crippen LogP contribution in [0.5, 0.6) is 0 Å². The lowest BCUT2D eigenvalue weighted by atomic mass is 10.0. The number of aromatic nitrogens is 2. The lowest BCUT2D eigenvalue weighted by Gasteiger charge is -2.04. The molecule has 0 aliphatic heterocycles. The van der Waals surface area contributed by atoms with E-state index in [1.54, 1.807) is 0 Å². The molecular weight excluding hydrogens is 344 g/mol. The van der Waals surface area contributed by atoms with E-state index in [2.05, 4.69) is 91.9 Å². The summed E-state index contributed by atoms with van der Waals surface area (Å²) in [6, 6.07) is 19.0. The summed E-state index contributed by atoms with van der Waals surface area (Å²) < 4.78 is 10.7. The highest BCUT2D eigenvalue weighted by molar-refractivity contribution is 6.09. The molecule has 0 amide bonds. The smallest absolute Gasteiger partial charge is 0.249 e. The first-order valence-electron chi connectivity index (χ1n) is 9.60. The number of para-hydroxylation sites is 2. The summed E-state index contributed by atoms with van der Waals surface area (Å²) in [5.74, 6) is 0. The molecule has 3 aromatic carbocycles. The second-order valence-electron chi connectivity index (χ2n) is 7.62. The number of aryl methyl sites for hydroxylation is 4. The Morgan fingerprint density at radius 3 is 2.32 bits per heavy atom. The Hall–Kier alpha value is -3.33. The van der Waals surface area contributed by atoms with Crippen LogP contribution in [-0.4, -0.2) is 4.57 Å². The predicted octanol–water partition coefficient (Wildman–Crippen LogP) is 5.79. The molecule has 3 nitrogen and oxygen atoms in total. The van der Waals surface area contributed by atoms with E-state index in [9.17, 15) is 0 Å². The van der Waals surface area contributed by atoms with Crippen molar-refractivity contribution in [2.75, 3.05) is 0 Å². The Labute approximate surface area is 164 Å². The first-order valence-corrected chi connectivity index (χ1v) is 9.60. The Morgan fingerprint density at radius 2 is 1.54 bits per heavy atom. The maximum Gasteiger partial charge on any atom is 0.249 e. The molecule has 0 aliphatic rings. The van der Waals surface area contributed by atoms with Gasteiger partial charge in [0.05, 0.1) is 12.6 Å². The van der Waals surface area contributed by atoms with Gasteiger partial charge >= 0.3 is 0 Å². The lowest BCUT2D eigenvalue weighted by Crippen LogP contribution is -2.29. The summed E-state index contributed by atoms with van der Waals surface area (Å²) in [7, 11) is 2.10. The van der Waals surface area contributed by atoms with Crippen LogP contribution in [0.2, 0.25) is 0 Å². The van der Waals surface area contributed by atoms with E-state index in [0.29, 0.717) is 0 Å². The van der Waals surface area contributed by atoms with Crippen LogP contribution in [0.1, 0.15) is 16.7 Å². The zero-order chi connectivity index (χ0) is 19.4. The third-order valence-corrected chi connectivity index (χ3v) is 5.65. The minimum Gasteiger partial charge on any atom is -0.455 e. The molecular formula is C25H23N2O+.